The maximum atomic E-state index is 12.8. The van der Waals surface area contributed by atoms with Crippen LogP contribution >= 0.6 is 0 Å². The Bertz CT molecular complexity index is 937. The number of aliphatic carboxylic acids is 1. The van der Waals surface area contributed by atoms with E-state index in [9.17, 15) is 15.1 Å². The summed E-state index contributed by atoms with van der Waals surface area (Å²) in [6.45, 7) is 18.8. The van der Waals surface area contributed by atoms with Crippen LogP contribution in [0.3, 0.4) is 0 Å². The molecule has 5 fully saturated rings. The first-order valence-corrected chi connectivity index (χ1v) is 13.9. The number of oxime groups is 1. The molecule has 9 atom stereocenters. The normalized spacial score (nSPS) is 52.8. The van der Waals surface area contributed by atoms with Crippen LogP contribution in [0, 0.1) is 56.7 Å². The number of carboxylic acids is 1. The Morgan fingerprint density at radius 2 is 1.62 bits per heavy atom. The molecule has 5 aliphatic carbocycles. The molecular weight excluding hydrogens is 422 g/mol. The lowest BCUT2D eigenvalue weighted by molar-refractivity contribution is -0.230. The molecule has 0 heterocycles. The summed E-state index contributed by atoms with van der Waals surface area (Å²) in [6.07, 6.45) is 10.5. The van der Waals surface area contributed by atoms with Crippen molar-refractivity contribution < 1.29 is 15.1 Å². The number of carboxylic acid groups (broad SMARTS) is 1. The predicted molar refractivity (Wildman–Crippen MR) is 136 cm³/mol. The summed E-state index contributed by atoms with van der Waals surface area (Å²) in [5.74, 6) is 1.69. The minimum atomic E-state index is -0.545. The van der Waals surface area contributed by atoms with Crippen LogP contribution < -0.4 is 0 Å². The van der Waals surface area contributed by atoms with Crippen molar-refractivity contribution in [1.29, 1.82) is 0 Å². The molecule has 0 aromatic heterocycles. The van der Waals surface area contributed by atoms with E-state index in [1.807, 2.05) is 0 Å². The smallest absolute Gasteiger partial charge is 0.309 e. The molecule has 0 amide bonds. The molecule has 0 aromatic carbocycles. The minimum Gasteiger partial charge on any atom is -0.481 e. The van der Waals surface area contributed by atoms with Gasteiger partial charge in [0.15, 0.2) is 0 Å². The van der Waals surface area contributed by atoms with Gasteiger partial charge in [-0.3, -0.25) is 4.79 Å². The van der Waals surface area contributed by atoms with Crippen LogP contribution in [0.15, 0.2) is 17.3 Å². The van der Waals surface area contributed by atoms with Gasteiger partial charge in [-0.1, -0.05) is 51.9 Å². The molecule has 34 heavy (non-hydrogen) atoms. The van der Waals surface area contributed by atoms with Gasteiger partial charge >= 0.3 is 5.97 Å². The van der Waals surface area contributed by atoms with Crippen molar-refractivity contribution in [1.82, 2.24) is 0 Å². The van der Waals surface area contributed by atoms with Crippen LogP contribution in [0.4, 0.5) is 0 Å². The zero-order chi connectivity index (χ0) is 24.9. The summed E-state index contributed by atoms with van der Waals surface area (Å²) >= 11 is 0. The van der Waals surface area contributed by atoms with Crippen molar-refractivity contribution in [2.75, 3.05) is 0 Å². The lowest BCUT2D eigenvalue weighted by Gasteiger charge is -2.72. The molecule has 4 heteroatoms. The molecule has 0 spiro atoms. The standard InChI is InChI=1S/C30H47NO3/c1-18(2)19-10-15-30(25(32)33)17-16-28(6)20(24(19)30)8-9-22-27(5)13-12-23(31-34)26(3,4)21(27)11-14-29(22,28)7/h19-22,24,34H,1,8-17H2,2-7H3,(H,32,33)/b31-23-/t19-,20+,21-,22+,24+,27-,28+,29+,30-/m0/s1. The average molecular weight is 470 g/mol. The van der Waals surface area contributed by atoms with Gasteiger partial charge in [0.25, 0.3) is 0 Å². The van der Waals surface area contributed by atoms with Crippen LogP contribution in [-0.4, -0.2) is 22.0 Å². The van der Waals surface area contributed by atoms with E-state index in [0.717, 1.165) is 50.7 Å². The van der Waals surface area contributed by atoms with Crippen molar-refractivity contribution in [3.63, 3.8) is 0 Å². The fourth-order valence-corrected chi connectivity index (χ4v) is 11.5. The summed E-state index contributed by atoms with van der Waals surface area (Å²) < 4.78 is 0. The van der Waals surface area contributed by atoms with Gasteiger partial charge in [-0.2, -0.15) is 0 Å². The second-order valence-electron chi connectivity index (χ2n) is 14.4. The number of rotatable bonds is 2. The van der Waals surface area contributed by atoms with E-state index < -0.39 is 11.4 Å². The maximum Gasteiger partial charge on any atom is 0.309 e. The average Bonchev–Trinajstić information content (AvgIpc) is 3.15. The van der Waals surface area contributed by atoms with E-state index in [1.165, 1.54) is 24.8 Å². The zero-order valence-electron chi connectivity index (χ0n) is 22.4. The van der Waals surface area contributed by atoms with Gasteiger partial charge in [-0.15, -0.1) is 0 Å². The van der Waals surface area contributed by atoms with Crippen molar-refractivity contribution in [2.45, 2.75) is 106 Å². The predicted octanol–water partition coefficient (Wildman–Crippen LogP) is 7.56. The maximum absolute atomic E-state index is 12.8. The Morgan fingerprint density at radius 3 is 2.24 bits per heavy atom. The molecule has 0 aliphatic heterocycles. The Kier molecular flexibility index (Phi) is 5.27. The van der Waals surface area contributed by atoms with Crippen LogP contribution in [0.5, 0.6) is 0 Å². The second-order valence-corrected chi connectivity index (χ2v) is 14.4. The topological polar surface area (TPSA) is 69.9 Å². The first kappa shape index (κ1) is 24.4. The Morgan fingerprint density at radius 1 is 0.912 bits per heavy atom. The minimum absolute atomic E-state index is 0.0671. The molecule has 4 nitrogen and oxygen atoms in total. The molecule has 0 aromatic rings. The number of hydrogen-bond acceptors (Lipinski definition) is 3. The molecular formula is C30H47NO3. The number of allylic oxidation sites excluding steroid dienone is 1. The van der Waals surface area contributed by atoms with E-state index in [1.54, 1.807) is 0 Å². The summed E-state index contributed by atoms with van der Waals surface area (Å²) in [6, 6.07) is 0. The Balaban J connectivity index is 1.56. The Labute approximate surface area is 206 Å². The largest absolute Gasteiger partial charge is 0.481 e. The van der Waals surface area contributed by atoms with Crippen molar-refractivity contribution in [2.24, 2.45) is 61.8 Å². The molecule has 5 saturated carbocycles. The summed E-state index contributed by atoms with van der Waals surface area (Å²) in [5, 5.41) is 24.0. The van der Waals surface area contributed by atoms with Gasteiger partial charge in [0, 0.05) is 5.41 Å². The third kappa shape index (κ3) is 2.72. The van der Waals surface area contributed by atoms with E-state index in [0.29, 0.717) is 23.7 Å². The number of nitrogens with zero attached hydrogens (tertiary/aromatic N) is 1. The van der Waals surface area contributed by atoms with Gasteiger partial charge in [0.05, 0.1) is 11.1 Å². The van der Waals surface area contributed by atoms with Crippen LogP contribution in [-0.2, 0) is 4.79 Å². The SMILES string of the molecule is C=C(C)[C@@H]1CC[C@]2(C(=O)O)CC[C@]3(C)[C@H](CC[C@@H]4[C@@]5(C)CC/C(=N/O)C(C)(C)[C@@H]5CC[C@]43C)[C@@H]12. The molecule has 0 bridgehead atoms. The van der Waals surface area contributed by atoms with Gasteiger partial charge in [-0.05, 0) is 117 Å². The first-order chi connectivity index (χ1) is 15.8. The quantitative estimate of drug-likeness (QED) is 0.249. The van der Waals surface area contributed by atoms with Gasteiger partial charge in [0.1, 0.15) is 0 Å². The van der Waals surface area contributed by atoms with E-state index >= 15 is 0 Å². The fraction of sp³-hybridized carbons (Fsp3) is 0.867. The molecule has 0 unspecified atom stereocenters. The molecule has 0 radical (unpaired) electrons. The summed E-state index contributed by atoms with van der Waals surface area (Å²) in [7, 11) is 0. The van der Waals surface area contributed by atoms with E-state index in [-0.39, 0.29) is 27.6 Å². The molecule has 0 saturated heterocycles. The first-order valence-electron chi connectivity index (χ1n) is 13.9. The highest BCUT2D eigenvalue weighted by Crippen LogP contribution is 2.77. The lowest BCUT2D eigenvalue weighted by Crippen LogP contribution is -2.66. The summed E-state index contributed by atoms with van der Waals surface area (Å²) in [4.78, 5) is 12.8. The van der Waals surface area contributed by atoms with Crippen molar-refractivity contribution in [3.05, 3.63) is 12.2 Å². The number of hydrogen-bond donors (Lipinski definition) is 2. The van der Waals surface area contributed by atoms with Crippen LogP contribution in [0.1, 0.15) is 106 Å². The Hall–Kier alpha value is -1.32. The van der Waals surface area contributed by atoms with Crippen molar-refractivity contribution in [3.8, 4) is 0 Å². The third-order valence-electron chi connectivity index (χ3n) is 13.4. The van der Waals surface area contributed by atoms with Gasteiger partial charge in [0.2, 0.25) is 0 Å². The second kappa shape index (κ2) is 7.35. The van der Waals surface area contributed by atoms with E-state index in [4.69, 9.17) is 0 Å². The van der Waals surface area contributed by atoms with Gasteiger partial charge < -0.3 is 10.3 Å². The molecule has 5 aliphatic rings. The summed E-state index contributed by atoms with van der Waals surface area (Å²) in [5.41, 5.74) is 2.20. The lowest BCUT2D eigenvalue weighted by atomic mass is 9.32. The van der Waals surface area contributed by atoms with E-state index in [2.05, 4.69) is 53.3 Å². The number of fused-ring (bicyclic) bond motifs is 7. The highest BCUT2D eigenvalue weighted by atomic mass is 16.4. The number of carbonyl (C=O) groups is 1. The fourth-order valence-electron chi connectivity index (χ4n) is 11.5. The molecule has 2 N–H and O–H groups in total. The van der Waals surface area contributed by atoms with Gasteiger partial charge in [-0.25, -0.2) is 0 Å². The van der Waals surface area contributed by atoms with Crippen molar-refractivity contribution >= 4 is 11.7 Å². The van der Waals surface area contributed by atoms with Crippen LogP contribution in [0.25, 0.3) is 0 Å². The van der Waals surface area contributed by atoms with Crippen LogP contribution in [0.2, 0.25) is 0 Å². The zero-order valence-corrected chi connectivity index (χ0v) is 22.4. The molecule has 190 valence electrons. The highest BCUT2D eigenvalue weighted by Gasteiger charge is 2.71. The highest BCUT2D eigenvalue weighted by molar-refractivity contribution is 5.90. The molecule has 5 rings (SSSR count). The third-order valence-corrected chi connectivity index (χ3v) is 13.4. The monoisotopic (exact) mass is 469 g/mol.